The molecule has 1 amide bonds. The van der Waals surface area contributed by atoms with Crippen LogP contribution >= 0.6 is 11.8 Å². The molecule has 3 rings (SSSR count). The van der Waals surface area contributed by atoms with Crippen LogP contribution in [0.25, 0.3) is 11.4 Å². The van der Waals surface area contributed by atoms with Crippen molar-refractivity contribution in [3.63, 3.8) is 0 Å². The number of thioether (sulfide) groups is 1. The minimum absolute atomic E-state index is 0.0611. The predicted molar refractivity (Wildman–Crippen MR) is 104 cm³/mol. The van der Waals surface area contributed by atoms with Crippen molar-refractivity contribution in [2.24, 2.45) is 7.05 Å². The topological polar surface area (TPSA) is 72.7 Å². The number of rotatable bonds is 6. The third-order valence-electron chi connectivity index (χ3n) is 3.94. The van der Waals surface area contributed by atoms with Gasteiger partial charge >= 0.3 is 0 Å². The number of anilines is 1. The number of para-hydroxylation sites is 1. The molecule has 0 saturated heterocycles. The lowest BCUT2D eigenvalue weighted by molar-refractivity contribution is -0.113. The Morgan fingerprint density at radius 2 is 2.00 bits per heavy atom. The van der Waals surface area contributed by atoms with Gasteiger partial charge in [0.15, 0.2) is 11.0 Å². The summed E-state index contributed by atoms with van der Waals surface area (Å²) in [5.74, 6) is 1.28. The van der Waals surface area contributed by atoms with E-state index in [9.17, 15) is 4.79 Å². The van der Waals surface area contributed by atoms with Crippen molar-refractivity contribution in [2.75, 3.05) is 11.1 Å². The van der Waals surface area contributed by atoms with E-state index in [4.69, 9.17) is 0 Å². The van der Waals surface area contributed by atoms with Gasteiger partial charge in [0, 0.05) is 30.7 Å². The second-order valence-electron chi connectivity index (χ2n) is 6.19. The summed E-state index contributed by atoms with van der Waals surface area (Å²) in [7, 11) is 1.89. The molecule has 0 radical (unpaired) electrons. The first-order valence-corrected chi connectivity index (χ1v) is 9.36. The Hall–Kier alpha value is -2.67. The monoisotopic (exact) mass is 367 g/mol. The number of hydrogen-bond acceptors (Lipinski definition) is 5. The summed E-state index contributed by atoms with van der Waals surface area (Å²) in [5.41, 5.74) is 2.88. The standard InChI is InChI=1S/C19H21N5OS/c1-13(2)15-8-4-5-9-16(15)21-17(25)12-26-19-23-22-18(24(19)3)14-7-6-10-20-11-14/h4-11,13H,12H2,1-3H3,(H,21,25). The Bertz CT molecular complexity index is 892. The Balaban J connectivity index is 1.65. The summed E-state index contributed by atoms with van der Waals surface area (Å²) < 4.78 is 1.87. The summed E-state index contributed by atoms with van der Waals surface area (Å²) in [6, 6.07) is 11.7. The van der Waals surface area contributed by atoms with Crippen LogP contribution < -0.4 is 5.32 Å². The highest BCUT2D eigenvalue weighted by atomic mass is 32.2. The molecule has 0 aliphatic carbocycles. The van der Waals surface area contributed by atoms with Crippen molar-refractivity contribution in [2.45, 2.75) is 24.9 Å². The van der Waals surface area contributed by atoms with E-state index in [0.29, 0.717) is 11.1 Å². The molecule has 0 aliphatic heterocycles. The Morgan fingerprint density at radius 3 is 2.73 bits per heavy atom. The van der Waals surface area contributed by atoms with Crippen LogP contribution in [0.3, 0.4) is 0 Å². The molecule has 134 valence electrons. The third-order valence-corrected chi connectivity index (χ3v) is 4.96. The van der Waals surface area contributed by atoms with E-state index in [2.05, 4.69) is 34.3 Å². The van der Waals surface area contributed by atoms with Gasteiger partial charge in [-0.2, -0.15) is 0 Å². The average Bonchev–Trinajstić information content (AvgIpc) is 3.01. The normalized spacial score (nSPS) is 10.9. The van der Waals surface area contributed by atoms with Gasteiger partial charge in [-0.3, -0.25) is 9.78 Å². The van der Waals surface area contributed by atoms with Gasteiger partial charge in [-0.25, -0.2) is 0 Å². The molecule has 0 fully saturated rings. The van der Waals surface area contributed by atoms with Gasteiger partial charge in [-0.15, -0.1) is 10.2 Å². The first-order chi connectivity index (χ1) is 12.6. The number of pyridine rings is 1. The molecule has 0 bridgehead atoms. The minimum atomic E-state index is -0.0611. The van der Waals surface area contributed by atoms with Crippen molar-refractivity contribution < 1.29 is 4.79 Å². The molecule has 0 unspecified atom stereocenters. The maximum absolute atomic E-state index is 12.3. The fourth-order valence-electron chi connectivity index (χ4n) is 2.62. The van der Waals surface area contributed by atoms with Crippen LogP contribution in [0.1, 0.15) is 25.3 Å². The quantitative estimate of drug-likeness (QED) is 0.672. The lowest BCUT2D eigenvalue weighted by atomic mass is 10.0. The van der Waals surface area contributed by atoms with Crippen LogP contribution in [0, 0.1) is 0 Å². The fourth-order valence-corrected chi connectivity index (χ4v) is 3.33. The van der Waals surface area contributed by atoms with Gasteiger partial charge in [0.25, 0.3) is 0 Å². The van der Waals surface area contributed by atoms with Crippen LogP contribution in [0.2, 0.25) is 0 Å². The molecule has 6 nitrogen and oxygen atoms in total. The lowest BCUT2D eigenvalue weighted by Gasteiger charge is -2.13. The highest BCUT2D eigenvalue weighted by Gasteiger charge is 2.14. The number of carbonyl (C=O) groups excluding carboxylic acids is 1. The van der Waals surface area contributed by atoms with Crippen molar-refractivity contribution >= 4 is 23.4 Å². The van der Waals surface area contributed by atoms with E-state index in [0.717, 1.165) is 22.6 Å². The Morgan fingerprint density at radius 1 is 1.19 bits per heavy atom. The summed E-state index contributed by atoms with van der Waals surface area (Å²) in [6.07, 6.45) is 3.46. The van der Waals surface area contributed by atoms with Crippen molar-refractivity contribution in [1.82, 2.24) is 19.7 Å². The number of hydrogen-bond donors (Lipinski definition) is 1. The van der Waals surface area contributed by atoms with Gasteiger partial charge < -0.3 is 9.88 Å². The smallest absolute Gasteiger partial charge is 0.234 e. The van der Waals surface area contributed by atoms with E-state index >= 15 is 0 Å². The molecule has 0 saturated carbocycles. The molecular formula is C19H21N5OS. The van der Waals surface area contributed by atoms with Crippen LogP contribution in [0.15, 0.2) is 53.9 Å². The highest BCUT2D eigenvalue weighted by Crippen LogP contribution is 2.25. The summed E-state index contributed by atoms with van der Waals surface area (Å²) >= 11 is 1.36. The Labute approximate surface area is 157 Å². The fraction of sp³-hybridized carbons (Fsp3) is 0.263. The summed E-state index contributed by atoms with van der Waals surface area (Å²) in [6.45, 7) is 4.22. The number of benzene rings is 1. The minimum Gasteiger partial charge on any atom is -0.325 e. The van der Waals surface area contributed by atoms with E-state index in [-0.39, 0.29) is 11.7 Å². The van der Waals surface area contributed by atoms with Gasteiger partial charge in [-0.1, -0.05) is 43.8 Å². The summed E-state index contributed by atoms with van der Waals surface area (Å²) in [4.78, 5) is 16.5. The van der Waals surface area contributed by atoms with Gasteiger partial charge in [0.1, 0.15) is 0 Å². The van der Waals surface area contributed by atoms with Gasteiger partial charge in [0.05, 0.1) is 5.75 Å². The second kappa shape index (κ2) is 8.14. The average molecular weight is 367 g/mol. The molecule has 0 aliphatic rings. The van der Waals surface area contributed by atoms with Gasteiger partial charge in [0.2, 0.25) is 5.91 Å². The molecule has 1 N–H and O–H groups in total. The molecule has 0 spiro atoms. The van der Waals surface area contributed by atoms with Crippen LogP contribution in [0.4, 0.5) is 5.69 Å². The molecule has 26 heavy (non-hydrogen) atoms. The van der Waals surface area contributed by atoms with Crippen molar-refractivity contribution in [3.8, 4) is 11.4 Å². The van der Waals surface area contributed by atoms with Crippen LogP contribution in [-0.2, 0) is 11.8 Å². The molecule has 2 heterocycles. The summed E-state index contributed by atoms with van der Waals surface area (Å²) in [5, 5.41) is 12.1. The molecule has 0 atom stereocenters. The third kappa shape index (κ3) is 4.11. The number of carbonyl (C=O) groups is 1. The lowest BCUT2D eigenvalue weighted by Crippen LogP contribution is -2.16. The molecule has 2 aromatic heterocycles. The zero-order valence-electron chi connectivity index (χ0n) is 15.0. The molecule has 7 heteroatoms. The largest absolute Gasteiger partial charge is 0.325 e. The zero-order chi connectivity index (χ0) is 18.5. The van der Waals surface area contributed by atoms with Crippen LogP contribution in [-0.4, -0.2) is 31.4 Å². The van der Waals surface area contributed by atoms with E-state index in [1.54, 1.807) is 12.4 Å². The van der Waals surface area contributed by atoms with Crippen molar-refractivity contribution in [3.05, 3.63) is 54.4 Å². The zero-order valence-corrected chi connectivity index (χ0v) is 15.8. The van der Waals surface area contributed by atoms with Crippen molar-refractivity contribution in [1.29, 1.82) is 0 Å². The molecular weight excluding hydrogens is 346 g/mol. The molecule has 1 aromatic carbocycles. The highest BCUT2D eigenvalue weighted by molar-refractivity contribution is 7.99. The SMILES string of the molecule is CC(C)c1ccccc1NC(=O)CSc1nnc(-c2cccnc2)n1C. The second-order valence-corrected chi connectivity index (χ2v) is 7.13. The number of aromatic nitrogens is 4. The van der Waals surface area contributed by atoms with E-state index < -0.39 is 0 Å². The van der Waals surface area contributed by atoms with E-state index in [1.807, 2.05) is 48.0 Å². The first-order valence-electron chi connectivity index (χ1n) is 8.37. The molecule has 3 aromatic rings. The number of nitrogens with one attached hydrogen (secondary N) is 1. The maximum atomic E-state index is 12.3. The first kappa shape index (κ1) is 18.1. The maximum Gasteiger partial charge on any atom is 0.234 e. The van der Waals surface area contributed by atoms with Crippen LogP contribution in [0.5, 0.6) is 0 Å². The predicted octanol–water partition coefficient (Wildman–Crippen LogP) is 3.73. The number of amides is 1. The van der Waals surface area contributed by atoms with E-state index in [1.165, 1.54) is 11.8 Å². The Kier molecular flexibility index (Phi) is 5.68. The van der Waals surface area contributed by atoms with Gasteiger partial charge in [-0.05, 0) is 29.7 Å². The number of nitrogens with zero attached hydrogens (tertiary/aromatic N) is 4.